The fraction of sp³-hybridized carbons (Fsp3) is 0. The third kappa shape index (κ3) is 5.92. The van der Waals surface area contributed by atoms with E-state index in [0.717, 1.165) is 93.0 Å². The van der Waals surface area contributed by atoms with Crippen LogP contribution in [0.25, 0.3) is 131 Å². The molecule has 0 aliphatic rings. The Morgan fingerprint density at radius 2 is 0.859 bits per heavy atom. The lowest BCUT2D eigenvalue weighted by atomic mass is 9.94. The molecule has 0 spiro atoms. The van der Waals surface area contributed by atoms with Gasteiger partial charge in [-0.2, -0.15) is 0 Å². The highest BCUT2D eigenvalue weighted by atomic mass is 32.1. The van der Waals surface area contributed by atoms with Crippen molar-refractivity contribution in [1.82, 2.24) is 19.9 Å². The summed E-state index contributed by atoms with van der Waals surface area (Å²) in [4.78, 5) is 20.5. The maximum absolute atomic E-state index is 6.38. The highest BCUT2D eigenvalue weighted by Gasteiger charge is 2.20. The molecule has 0 saturated carbocycles. The van der Waals surface area contributed by atoms with E-state index in [1.807, 2.05) is 72.8 Å². The minimum atomic E-state index is 0.652. The summed E-state index contributed by atoms with van der Waals surface area (Å²) >= 11 is 1.80. The van der Waals surface area contributed by atoms with Crippen LogP contribution in [0.2, 0.25) is 0 Å². The number of para-hydroxylation sites is 1. The van der Waals surface area contributed by atoms with Crippen molar-refractivity contribution in [3.8, 4) is 67.7 Å². The van der Waals surface area contributed by atoms with Gasteiger partial charge in [0.1, 0.15) is 11.2 Å². The minimum absolute atomic E-state index is 0.652. The maximum Gasteiger partial charge on any atom is 0.165 e. The Kier molecular flexibility index (Phi) is 8.32. The zero-order valence-corrected chi connectivity index (χ0v) is 35.1. The summed E-state index contributed by atoms with van der Waals surface area (Å²) in [6.45, 7) is 0. The molecule has 4 heterocycles. The van der Waals surface area contributed by atoms with E-state index in [4.69, 9.17) is 24.4 Å². The first kappa shape index (κ1) is 36.3. The van der Waals surface area contributed by atoms with Crippen LogP contribution >= 0.6 is 11.3 Å². The Morgan fingerprint density at radius 1 is 0.312 bits per heavy atom. The molecule has 64 heavy (non-hydrogen) atoms. The SMILES string of the molecule is c1ccc(-c2nc(-c3ccccc3)nc(-c3cccc4c3sc3c(-c5ccc(-c6ccc7c(c6)nc(-c6ccccc6)c6ccc8oc9ccccc9c8c67)cc5)cccc34)n2)cc1. The summed E-state index contributed by atoms with van der Waals surface area (Å²) in [6, 6.07) is 72.1. The molecule has 0 radical (unpaired) electrons. The monoisotopic (exact) mass is 834 g/mol. The maximum atomic E-state index is 6.38. The molecule has 0 amide bonds. The Morgan fingerprint density at radius 3 is 1.56 bits per heavy atom. The lowest BCUT2D eigenvalue weighted by Crippen LogP contribution is -2.00. The van der Waals surface area contributed by atoms with E-state index in [-0.39, 0.29) is 0 Å². The van der Waals surface area contributed by atoms with E-state index in [0.29, 0.717) is 17.5 Å². The standard InChI is InChI=1S/C58H34N4OS/c1-4-14-37(15-5-1)53-46-32-33-50-52(45-20-10-11-25-49(45)63-50)51(46)44-31-30-40(34-48(44)59-53)35-26-28-36(29-27-35)41-21-12-22-42-43-23-13-24-47(55(43)64-54(41)42)58-61-56(38-16-6-2-7-17-38)60-57(62-58)39-18-8-3-9-19-39/h1-34H. The van der Waals surface area contributed by atoms with Crippen LogP contribution in [-0.4, -0.2) is 19.9 Å². The van der Waals surface area contributed by atoms with E-state index >= 15 is 0 Å². The Hall–Kier alpha value is -8.32. The van der Waals surface area contributed by atoms with Gasteiger partial charge in [-0.15, -0.1) is 11.3 Å². The first-order chi connectivity index (χ1) is 31.7. The van der Waals surface area contributed by atoms with Crippen molar-refractivity contribution in [2.24, 2.45) is 0 Å². The minimum Gasteiger partial charge on any atom is -0.456 e. The Labute approximate surface area is 371 Å². The molecule has 13 aromatic rings. The number of benzene rings is 9. The molecule has 4 aromatic heterocycles. The van der Waals surface area contributed by atoms with Crippen LogP contribution < -0.4 is 0 Å². The molecular formula is C58H34N4OS. The lowest BCUT2D eigenvalue weighted by molar-refractivity contribution is 0.669. The van der Waals surface area contributed by atoms with Crippen molar-refractivity contribution in [2.75, 3.05) is 0 Å². The zero-order chi connectivity index (χ0) is 42.1. The number of nitrogens with zero attached hydrogens (tertiary/aromatic N) is 4. The number of furan rings is 1. The van der Waals surface area contributed by atoms with E-state index in [1.54, 1.807) is 11.3 Å². The van der Waals surface area contributed by atoms with Gasteiger partial charge in [-0.1, -0.05) is 176 Å². The predicted molar refractivity (Wildman–Crippen MR) is 265 cm³/mol. The van der Waals surface area contributed by atoms with Gasteiger partial charge in [-0.05, 0) is 52.6 Å². The summed E-state index contributed by atoms with van der Waals surface area (Å²) in [5.41, 5.74) is 12.2. The van der Waals surface area contributed by atoms with E-state index in [1.165, 1.54) is 21.0 Å². The third-order valence-electron chi connectivity index (χ3n) is 12.3. The van der Waals surface area contributed by atoms with Gasteiger partial charge in [0.15, 0.2) is 17.5 Å². The van der Waals surface area contributed by atoms with Crippen molar-refractivity contribution in [2.45, 2.75) is 0 Å². The molecule has 5 nitrogen and oxygen atoms in total. The number of hydrogen-bond donors (Lipinski definition) is 0. The van der Waals surface area contributed by atoms with Crippen molar-refractivity contribution >= 4 is 75.1 Å². The number of hydrogen-bond acceptors (Lipinski definition) is 6. The van der Waals surface area contributed by atoms with E-state index < -0.39 is 0 Å². The van der Waals surface area contributed by atoms with Crippen LogP contribution in [0.5, 0.6) is 0 Å². The molecule has 13 rings (SSSR count). The third-order valence-corrected chi connectivity index (χ3v) is 13.6. The quantitative estimate of drug-likeness (QED) is 0.156. The first-order valence-electron chi connectivity index (χ1n) is 21.4. The van der Waals surface area contributed by atoms with Crippen molar-refractivity contribution in [3.05, 3.63) is 206 Å². The molecule has 0 fully saturated rings. The van der Waals surface area contributed by atoms with Crippen LogP contribution in [0.1, 0.15) is 0 Å². The summed E-state index contributed by atoms with van der Waals surface area (Å²) in [5, 5.41) is 8.01. The summed E-state index contributed by atoms with van der Waals surface area (Å²) in [7, 11) is 0. The molecule has 9 aromatic carbocycles. The van der Waals surface area contributed by atoms with E-state index in [2.05, 4.69) is 133 Å². The number of fused-ring (bicyclic) bond motifs is 10. The number of rotatable bonds is 6. The van der Waals surface area contributed by atoms with Crippen LogP contribution in [0, 0.1) is 0 Å². The normalized spacial score (nSPS) is 11.8. The summed E-state index contributed by atoms with van der Waals surface area (Å²) in [5.74, 6) is 1.96. The second kappa shape index (κ2) is 14.7. The van der Waals surface area contributed by atoms with Crippen molar-refractivity contribution in [3.63, 3.8) is 0 Å². The van der Waals surface area contributed by atoms with Gasteiger partial charge in [-0.25, -0.2) is 19.9 Å². The lowest BCUT2D eigenvalue weighted by Gasteiger charge is -2.13. The average Bonchev–Trinajstić information content (AvgIpc) is 3.96. The smallest absolute Gasteiger partial charge is 0.165 e. The molecule has 0 unspecified atom stereocenters. The fourth-order valence-corrected chi connectivity index (χ4v) is 10.6. The van der Waals surface area contributed by atoms with Gasteiger partial charge < -0.3 is 4.42 Å². The number of thiophene rings is 1. The van der Waals surface area contributed by atoms with E-state index in [9.17, 15) is 0 Å². The zero-order valence-electron chi connectivity index (χ0n) is 34.2. The topological polar surface area (TPSA) is 64.7 Å². The molecule has 0 atom stereocenters. The summed E-state index contributed by atoms with van der Waals surface area (Å²) < 4.78 is 8.76. The molecule has 0 aliphatic carbocycles. The largest absolute Gasteiger partial charge is 0.456 e. The molecule has 0 bridgehead atoms. The highest BCUT2D eigenvalue weighted by molar-refractivity contribution is 7.26. The highest BCUT2D eigenvalue weighted by Crippen LogP contribution is 2.45. The molecule has 6 heteroatoms. The van der Waals surface area contributed by atoms with Gasteiger partial charge >= 0.3 is 0 Å². The molecule has 0 aliphatic heterocycles. The molecular weight excluding hydrogens is 801 g/mol. The fourth-order valence-electron chi connectivity index (χ4n) is 9.30. The number of aromatic nitrogens is 4. The van der Waals surface area contributed by atoms with Gasteiger partial charge in [0.2, 0.25) is 0 Å². The van der Waals surface area contributed by atoms with Crippen LogP contribution in [-0.2, 0) is 0 Å². The average molecular weight is 835 g/mol. The van der Waals surface area contributed by atoms with Gasteiger partial charge in [0.05, 0.1) is 11.2 Å². The first-order valence-corrected chi connectivity index (χ1v) is 22.2. The predicted octanol–water partition coefficient (Wildman–Crippen LogP) is 15.8. The van der Waals surface area contributed by atoms with Gasteiger partial charge in [0, 0.05) is 69.4 Å². The molecule has 298 valence electrons. The van der Waals surface area contributed by atoms with Crippen molar-refractivity contribution in [1.29, 1.82) is 0 Å². The van der Waals surface area contributed by atoms with Gasteiger partial charge in [0.25, 0.3) is 0 Å². The Bertz CT molecular complexity index is 3880. The molecule has 0 saturated heterocycles. The van der Waals surface area contributed by atoms with Crippen LogP contribution in [0.4, 0.5) is 0 Å². The second-order valence-electron chi connectivity index (χ2n) is 16.1. The second-order valence-corrected chi connectivity index (χ2v) is 17.1. The Balaban J connectivity index is 0.920. The van der Waals surface area contributed by atoms with Crippen LogP contribution in [0.3, 0.4) is 0 Å². The van der Waals surface area contributed by atoms with Crippen molar-refractivity contribution < 1.29 is 4.42 Å². The number of pyridine rings is 1. The summed E-state index contributed by atoms with van der Waals surface area (Å²) in [6.07, 6.45) is 0. The van der Waals surface area contributed by atoms with Gasteiger partial charge in [-0.3, -0.25) is 0 Å². The van der Waals surface area contributed by atoms with Crippen LogP contribution in [0.15, 0.2) is 211 Å². The molecule has 0 N–H and O–H groups in total.